The third kappa shape index (κ3) is 4.38. The van der Waals surface area contributed by atoms with Gasteiger partial charge in [0.1, 0.15) is 12.1 Å². The molecular weight excluding hydrogens is 448 g/mol. The average molecular weight is 477 g/mol. The molecule has 0 aliphatic carbocycles. The molecule has 0 saturated carbocycles. The van der Waals surface area contributed by atoms with E-state index in [9.17, 15) is 18.0 Å². The maximum Gasteiger partial charge on any atom is 0.328 e. The molecule has 4 rings (SSSR count). The zero-order valence-corrected chi connectivity index (χ0v) is 19.7. The van der Waals surface area contributed by atoms with Gasteiger partial charge in [0.25, 0.3) is 0 Å². The van der Waals surface area contributed by atoms with Crippen LogP contribution < -0.4 is 0 Å². The summed E-state index contributed by atoms with van der Waals surface area (Å²) in [5, 5.41) is 1.50. The molecule has 2 aromatic rings. The normalized spacial score (nSPS) is 24.6. The predicted octanol–water partition coefficient (Wildman–Crippen LogP) is 2.85. The molecule has 32 heavy (non-hydrogen) atoms. The molecule has 9 heteroatoms. The van der Waals surface area contributed by atoms with Gasteiger partial charge in [-0.05, 0) is 55.5 Å². The first-order valence-electron chi connectivity index (χ1n) is 11.0. The van der Waals surface area contributed by atoms with Gasteiger partial charge in [-0.2, -0.15) is 16.9 Å². The highest BCUT2D eigenvalue weighted by Gasteiger charge is 2.46. The van der Waals surface area contributed by atoms with Gasteiger partial charge in [0.2, 0.25) is 15.9 Å². The molecule has 0 spiro atoms. The zero-order chi connectivity index (χ0) is 22.9. The van der Waals surface area contributed by atoms with E-state index in [2.05, 4.69) is 12.6 Å². The van der Waals surface area contributed by atoms with E-state index in [1.165, 1.54) is 9.21 Å². The first-order valence-corrected chi connectivity index (χ1v) is 12.9. The van der Waals surface area contributed by atoms with Gasteiger partial charge in [-0.25, -0.2) is 13.2 Å². The Hall–Kier alpha value is -2.10. The molecule has 0 N–H and O–H groups in total. The number of ether oxygens (including phenoxy) is 1. The van der Waals surface area contributed by atoms with E-state index in [1.54, 1.807) is 25.1 Å². The average Bonchev–Trinajstić information content (AvgIpc) is 3.21. The van der Waals surface area contributed by atoms with Crippen LogP contribution in [0.15, 0.2) is 47.4 Å². The molecule has 2 saturated heterocycles. The smallest absolute Gasteiger partial charge is 0.328 e. The first kappa shape index (κ1) is 23.1. The fourth-order valence-corrected chi connectivity index (χ4v) is 6.77. The summed E-state index contributed by atoms with van der Waals surface area (Å²) in [5.74, 6) is -0.770. The number of benzene rings is 2. The lowest BCUT2D eigenvalue weighted by atomic mass is 10.0. The monoisotopic (exact) mass is 476 g/mol. The summed E-state index contributed by atoms with van der Waals surface area (Å²) in [6, 6.07) is 11.0. The molecule has 2 heterocycles. The molecule has 2 aliphatic heterocycles. The number of nitrogens with zero attached hydrogens (tertiary/aromatic N) is 2. The summed E-state index contributed by atoms with van der Waals surface area (Å²) in [6.45, 7) is 2.53. The number of hydrogen-bond acceptors (Lipinski definition) is 6. The lowest BCUT2D eigenvalue weighted by molar-refractivity contribution is -0.157. The number of sulfonamides is 1. The molecule has 2 aromatic carbocycles. The Balaban J connectivity index is 1.64. The van der Waals surface area contributed by atoms with Crippen molar-refractivity contribution in [2.45, 2.75) is 54.8 Å². The van der Waals surface area contributed by atoms with Crippen LogP contribution in [0.25, 0.3) is 10.8 Å². The van der Waals surface area contributed by atoms with E-state index >= 15 is 0 Å². The molecule has 3 atom stereocenters. The van der Waals surface area contributed by atoms with Crippen LogP contribution in [0, 0.1) is 0 Å². The Morgan fingerprint density at radius 3 is 2.59 bits per heavy atom. The maximum absolute atomic E-state index is 13.6. The van der Waals surface area contributed by atoms with Crippen molar-refractivity contribution in [3.8, 4) is 0 Å². The molecule has 0 bridgehead atoms. The van der Waals surface area contributed by atoms with Crippen LogP contribution in [0.4, 0.5) is 0 Å². The van der Waals surface area contributed by atoms with Gasteiger partial charge in [-0.3, -0.25) is 4.79 Å². The molecule has 7 nitrogen and oxygen atoms in total. The third-order valence-electron chi connectivity index (χ3n) is 6.19. The number of likely N-dealkylation sites (tertiary alicyclic amines) is 1. The second kappa shape index (κ2) is 9.41. The predicted molar refractivity (Wildman–Crippen MR) is 125 cm³/mol. The van der Waals surface area contributed by atoms with Crippen LogP contribution >= 0.6 is 12.6 Å². The largest absolute Gasteiger partial charge is 0.464 e. The number of hydrogen-bond donors (Lipinski definition) is 1. The van der Waals surface area contributed by atoms with Crippen molar-refractivity contribution in [2.24, 2.45) is 0 Å². The van der Waals surface area contributed by atoms with Crippen molar-refractivity contribution < 1.29 is 22.7 Å². The molecule has 2 fully saturated rings. The number of amides is 1. The Morgan fingerprint density at radius 2 is 1.84 bits per heavy atom. The van der Waals surface area contributed by atoms with Crippen molar-refractivity contribution in [1.29, 1.82) is 0 Å². The highest BCUT2D eigenvalue weighted by Crippen LogP contribution is 2.32. The highest BCUT2D eigenvalue weighted by atomic mass is 32.2. The topological polar surface area (TPSA) is 84.0 Å². The van der Waals surface area contributed by atoms with E-state index in [4.69, 9.17) is 4.74 Å². The van der Waals surface area contributed by atoms with Crippen LogP contribution in [-0.2, 0) is 24.3 Å². The van der Waals surface area contributed by atoms with Crippen molar-refractivity contribution in [3.05, 3.63) is 42.5 Å². The minimum absolute atomic E-state index is 0.145. The van der Waals surface area contributed by atoms with Gasteiger partial charge in [-0.1, -0.05) is 30.3 Å². The van der Waals surface area contributed by atoms with Crippen LogP contribution in [0.1, 0.15) is 32.6 Å². The van der Waals surface area contributed by atoms with E-state index in [0.29, 0.717) is 19.4 Å². The summed E-state index contributed by atoms with van der Waals surface area (Å²) in [4.78, 5) is 27.7. The molecule has 0 unspecified atom stereocenters. The zero-order valence-electron chi connectivity index (χ0n) is 18.0. The van der Waals surface area contributed by atoms with Crippen molar-refractivity contribution in [1.82, 2.24) is 9.21 Å². The van der Waals surface area contributed by atoms with Crippen LogP contribution in [0.2, 0.25) is 0 Å². The lowest BCUT2D eigenvalue weighted by Crippen LogP contribution is -2.55. The lowest BCUT2D eigenvalue weighted by Gasteiger charge is -2.37. The summed E-state index contributed by atoms with van der Waals surface area (Å²) < 4.78 is 33.6. The van der Waals surface area contributed by atoms with Crippen LogP contribution in [-0.4, -0.2) is 66.5 Å². The van der Waals surface area contributed by atoms with Gasteiger partial charge in [0.15, 0.2) is 0 Å². The van der Waals surface area contributed by atoms with Gasteiger partial charge in [-0.15, -0.1) is 0 Å². The third-order valence-corrected chi connectivity index (χ3v) is 8.44. The number of piperidine rings is 1. The fourth-order valence-electron chi connectivity index (χ4n) is 4.61. The van der Waals surface area contributed by atoms with E-state index in [1.807, 2.05) is 24.3 Å². The highest BCUT2D eigenvalue weighted by molar-refractivity contribution is 7.89. The number of carbonyl (C=O) groups excluding carboxylic acids is 2. The van der Waals surface area contributed by atoms with Gasteiger partial charge in [0.05, 0.1) is 11.5 Å². The number of carbonyl (C=O) groups is 2. The minimum atomic E-state index is -3.92. The number of esters is 1. The summed E-state index contributed by atoms with van der Waals surface area (Å²) in [5.41, 5.74) is 0. The summed E-state index contributed by atoms with van der Waals surface area (Å²) >= 11 is 4.50. The first-order chi connectivity index (χ1) is 15.3. The second-order valence-electron chi connectivity index (χ2n) is 8.28. The number of thiol groups is 1. The summed E-state index contributed by atoms with van der Waals surface area (Å²) in [7, 11) is -3.92. The van der Waals surface area contributed by atoms with E-state index in [-0.39, 0.29) is 29.2 Å². The standard InChI is InChI=1S/C23H28N2O5S2/c1-2-30-23(27)20-9-5-6-12-24(20)22(26)21-14-18(31)15-25(21)32(28,29)19-11-10-16-7-3-4-8-17(16)13-19/h3-4,7-8,10-11,13,18,20-21,31H,2,5-6,9,12,14-15H2,1H3/t18-,20-,21-/m0/s1. The van der Waals surface area contributed by atoms with Gasteiger partial charge in [0, 0.05) is 18.3 Å². The van der Waals surface area contributed by atoms with Crippen LogP contribution in [0.5, 0.6) is 0 Å². The Kier molecular flexibility index (Phi) is 6.78. The van der Waals surface area contributed by atoms with Crippen LogP contribution in [0.3, 0.4) is 0 Å². The SMILES string of the molecule is CCOC(=O)[C@@H]1CCCCN1C(=O)[C@@H]1C[C@H](S)CN1S(=O)(=O)c1ccc2ccccc2c1. The van der Waals surface area contributed by atoms with E-state index < -0.39 is 28.1 Å². The second-order valence-corrected chi connectivity index (χ2v) is 10.9. The molecule has 0 radical (unpaired) electrons. The molecule has 172 valence electrons. The van der Waals surface area contributed by atoms with Crippen molar-refractivity contribution in [2.75, 3.05) is 19.7 Å². The fraction of sp³-hybridized carbons (Fsp3) is 0.478. The molecule has 0 aromatic heterocycles. The molecule has 1 amide bonds. The van der Waals surface area contributed by atoms with E-state index in [0.717, 1.165) is 23.6 Å². The number of fused-ring (bicyclic) bond motifs is 1. The van der Waals surface area contributed by atoms with Gasteiger partial charge < -0.3 is 9.64 Å². The number of rotatable bonds is 5. The Bertz CT molecular complexity index is 1120. The minimum Gasteiger partial charge on any atom is -0.464 e. The maximum atomic E-state index is 13.6. The summed E-state index contributed by atoms with van der Waals surface area (Å²) in [6.07, 6.45) is 2.43. The van der Waals surface area contributed by atoms with Crippen molar-refractivity contribution >= 4 is 45.3 Å². The quantitative estimate of drug-likeness (QED) is 0.530. The Morgan fingerprint density at radius 1 is 1.09 bits per heavy atom. The van der Waals surface area contributed by atoms with Gasteiger partial charge >= 0.3 is 5.97 Å². The Labute approximate surface area is 194 Å². The molecular formula is C23H28N2O5S2. The molecule has 2 aliphatic rings. The van der Waals surface area contributed by atoms with Crippen molar-refractivity contribution in [3.63, 3.8) is 0 Å².